The molecule has 4 amide bonds. The summed E-state index contributed by atoms with van der Waals surface area (Å²) in [5, 5.41) is 4.40. The molecule has 1 heterocycles. The van der Waals surface area contributed by atoms with Gasteiger partial charge >= 0.3 is 5.97 Å². The maximum atomic E-state index is 12.7. The molecular formula is C21H21Cl2N3O6. The molecule has 3 fully saturated rings. The Morgan fingerprint density at radius 2 is 1.47 bits per heavy atom. The van der Waals surface area contributed by atoms with Crippen LogP contribution in [0.3, 0.4) is 0 Å². The third kappa shape index (κ3) is 4.06. The summed E-state index contributed by atoms with van der Waals surface area (Å²) in [5.74, 6) is -3.95. The second-order valence-corrected chi connectivity index (χ2v) is 9.24. The SMILES string of the molecule is CC(=O)Nc1ccc(NC(=O)COC(=O)CN2C(=O)[C@@H]3[C@H]4C[C@@H]([C@@H](Cl)[C@H]4Cl)[C@H]3C2=O)cc1. The summed E-state index contributed by atoms with van der Waals surface area (Å²) in [5.41, 5.74) is 1.01. The number of rotatable bonds is 6. The van der Waals surface area contributed by atoms with E-state index in [0.29, 0.717) is 17.8 Å². The predicted molar refractivity (Wildman–Crippen MR) is 115 cm³/mol. The first-order valence-electron chi connectivity index (χ1n) is 10.1. The van der Waals surface area contributed by atoms with Crippen molar-refractivity contribution >= 4 is 64.2 Å². The summed E-state index contributed by atoms with van der Waals surface area (Å²) in [6, 6.07) is 6.37. The summed E-state index contributed by atoms with van der Waals surface area (Å²) < 4.78 is 4.94. The minimum Gasteiger partial charge on any atom is -0.454 e. The van der Waals surface area contributed by atoms with Gasteiger partial charge in [0.25, 0.3) is 5.91 Å². The third-order valence-electron chi connectivity index (χ3n) is 6.22. The number of halogens is 2. The zero-order valence-corrected chi connectivity index (χ0v) is 18.6. The maximum absolute atomic E-state index is 12.7. The molecule has 2 bridgehead atoms. The Labute approximate surface area is 193 Å². The van der Waals surface area contributed by atoms with E-state index < -0.39 is 48.7 Å². The number of ether oxygens (including phenoxy) is 1. The summed E-state index contributed by atoms with van der Waals surface area (Å²) >= 11 is 12.6. The van der Waals surface area contributed by atoms with Crippen molar-refractivity contribution in [2.24, 2.45) is 23.7 Å². The van der Waals surface area contributed by atoms with Gasteiger partial charge in [-0.1, -0.05) is 0 Å². The zero-order valence-electron chi connectivity index (χ0n) is 17.0. The number of alkyl halides is 2. The maximum Gasteiger partial charge on any atom is 0.326 e. The molecule has 9 nitrogen and oxygen atoms in total. The fourth-order valence-electron chi connectivity index (χ4n) is 4.92. The first kappa shape index (κ1) is 22.5. The molecule has 6 atom stereocenters. The first-order valence-corrected chi connectivity index (χ1v) is 11.0. The molecule has 1 aromatic carbocycles. The highest BCUT2D eigenvalue weighted by atomic mass is 35.5. The Morgan fingerprint density at radius 1 is 0.969 bits per heavy atom. The fourth-order valence-corrected chi connectivity index (χ4v) is 5.82. The van der Waals surface area contributed by atoms with Crippen LogP contribution in [0.2, 0.25) is 0 Å². The number of esters is 1. The zero-order chi connectivity index (χ0) is 23.2. The molecule has 2 aliphatic carbocycles. The highest BCUT2D eigenvalue weighted by Crippen LogP contribution is 2.59. The number of nitrogens with zero attached hydrogens (tertiary/aromatic N) is 1. The average molecular weight is 482 g/mol. The van der Waals surface area contributed by atoms with E-state index in [2.05, 4.69) is 10.6 Å². The number of carbonyl (C=O) groups is 5. The molecule has 11 heteroatoms. The predicted octanol–water partition coefficient (Wildman–Crippen LogP) is 1.59. The van der Waals surface area contributed by atoms with Gasteiger partial charge in [-0.3, -0.25) is 28.9 Å². The van der Waals surface area contributed by atoms with Gasteiger partial charge in [0.05, 0.1) is 22.6 Å². The van der Waals surface area contributed by atoms with Crippen molar-refractivity contribution in [3.05, 3.63) is 24.3 Å². The molecule has 0 radical (unpaired) electrons. The van der Waals surface area contributed by atoms with Crippen molar-refractivity contribution in [1.82, 2.24) is 4.90 Å². The minimum absolute atomic E-state index is 0.172. The van der Waals surface area contributed by atoms with Crippen LogP contribution in [0.15, 0.2) is 24.3 Å². The van der Waals surface area contributed by atoms with Gasteiger partial charge in [-0.25, -0.2) is 0 Å². The quantitative estimate of drug-likeness (QED) is 0.361. The topological polar surface area (TPSA) is 122 Å². The molecule has 4 rings (SSSR count). The standard InChI is InChI=1S/C21H21Cl2N3O6/c1-9(27)24-10-2-4-11(5-3-10)25-14(28)8-32-15(29)7-26-20(30)16-12-6-13(17(16)21(26)31)19(23)18(12)22/h2-5,12-13,16-19H,6-8H2,1H3,(H,24,27)(H,25,28)/t12-,13-,16-,17-,18-,19+/m1/s1. The van der Waals surface area contributed by atoms with E-state index in [9.17, 15) is 24.0 Å². The molecule has 32 heavy (non-hydrogen) atoms. The van der Waals surface area contributed by atoms with Crippen LogP contribution >= 0.6 is 23.2 Å². The van der Waals surface area contributed by atoms with E-state index >= 15 is 0 Å². The van der Waals surface area contributed by atoms with Crippen molar-refractivity contribution in [2.75, 3.05) is 23.8 Å². The van der Waals surface area contributed by atoms with Gasteiger partial charge in [0, 0.05) is 18.3 Å². The lowest BCUT2D eigenvalue weighted by atomic mass is 9.80. The molecule has 0 aromatic heterocycles. The molecule has 170 valence electrons. The lowest BCUT2D eigenvalue weighted by Crippen LogP contribution is -2.38. The van der Waals surface area contributed by atoms with E-state index in [-0.39, 0.29) is 28.5 Å². The van der Waals surface area contributed by atoms with Gasteiger partial charge in [0.2, 0.25) is 17.7 Å². The van der Waals surface area contributed by atoms with Crippen molar-refractivity contribution in [2.45, 2.75) is 24.1 Å². The summed E-state index contributed by atoms with van der Waals surface area (Å²) in [6.07, 6.45) is 0.638. The number of fused-ring (bicyclic) bond motifs is 5. The number of amides is 4. The highest BCUT2D eigenvalue weighted by Gasteiger charge is 2.66. The molecule has 2 N–H and O–H groups in total. The second kappa shape index (κ2) is 8.71. The minimum atomic E-state index is -0.861. The van der Waals surface area contributed by atoms with Crippen molar-refractivity contribution in [1.29, 1.82) is 0 Å². The highest BCUT2D eigenvalue weighted by molar-refractivity contribution is 6.31. The monoisotopic (exact) mass is 481 g/mol. The molecule has 3 aliphatic rings. The van der Waals surface area contributed by atoms with E-state index in [1.54, 1.807) is 24.3 Å². The average Bonchev–Trinajstić information content (AvgIpc) is 3.34. The van der Waals surface area contributed by atoms with Gasteiger partial charge < -0.3 is 15.4 Å². The van der Waals surface area contributed by atoms with E-state index in [0.717, 1.165) is 4.90 Å². The molecular weight excluding hydrogens is 461 g/mol. The van der Waals surface area contributed by atoms with Crippen LogP contribution in [0.4, 0.5) is 11.4 Å². The second-order valence-electron chi connectivity index (χ2n) is 8.23. The van der Waals surface area contributed by atoms with Gasteiger partial charge in [-0.15, -0.1) is 23.2 Å². The van der Waals surface area contributed by atoms with Crippen LogP contribution in [0, 0.1) is 23.7 Å². The number of nitrogens with one attached hydrogen (secondary N) is 2. The molecule has 2 saturated carbocycles. The Bertz CT molecular complexity index is 952. The van der Waals surface area contributed by atoms with Crippen LogP contribution < -0.4 is 10.6 Å². The van der Waals surface area contributed by atoms with Crippen molar-refractivity contribution in [3.8, 4) is 0 Å². The summed E-state index contributed by atoms with van der Waals surface area (Å²) in [7, 11) is 0. The summed E-state index contributed by atoms with van der Waals surface area (Å²) in [4.78, 5) is 61.6. The number of hydrogen-bond acceptors (Lipinski definition) is 6. The van der Waals surface area contributed by atoms with Crippen LogP contribution in [-0.2, 0) is 28.7 Å². The Morgan fingerprint density at radius 3 is 1.97 bits per heavy atom. The first-order chi connectivity index (χ1) is 15.2. The van der Waals surface area contributed by atoms with Crippen molar-refractivity contribution < 1.29 is 28.7 Å². The molecule has 1 aromatic rings. The number of hydrogen-bond donors (Lipinski definition) is 2. The summed E-state index contributed by atoms with van der Waals surface area (Å²) in [6.45, 7) is 0.254. The molecule has 1 saturated heterocycles. The lowest BCUT2D eigenvalue weighted by molar-refractivity contribution is -0.154. The third-order valence-corrected chi connectivity index (χ3v) is 7.54. The number of imide groups is 1. The van der Waals surface area contributed by atoms with Gasteiger partial charge in [0.1, 0.15) is 6.54 Å². The lowest BCUT2D eigenvalue weighted by Gasteiger charge is -2.28. The normalized spacial score (nSPS) is 30.3. The van der Waals surface area contributed by atoms with E-state index in [4.69, 9.17) is 27.9 Å². The Hall–Kier alpha value is -2.65. The van der Waals surface area contributed by atoms with Gasteiger partial charge in [0.15, 0.2) is 6.61 Å². The van der Waals surface area contributed by atoms with Crippen LogP contribution in [0.1, 0.15) is 13.3 Å². The largest absolute Gasteiger partial charge is 0.454 e. The van der Waals surface area contributed by atoms with Gasteiger partial charge in [-0.2, -0.15) is 0 Å². The molecule has 1 aliphatic heterocycles. The van der Waals surface area contributed by atoms with Crippen LogP contribution in [0.25, 0.3) is 0 Å². The van der Waals surface area contributed by atoms with Crippen LogP contribution in [0.5, 0.6) is 0 Å². The Balaban J connectivity index is 1.27. The fraction of sp³-hybridized carbons (Fsp3) is 0.476. The van der Waals surface area contributed by atoms with E-state index in [1.807, 2.05) is 0 Å². The molecule has 0 unspecified atom stereocenters. The van der Waals surface area contributed by atoms with Gasteiger partial charge in [-0.05, 0) is 42.5 Å². The number of likely N-dealkylation sites (tertiary alicyclic amines) is 1. The smallest absolute Gasteiger partial charge is 0.326 e. The Kier molecular flexibility index (Phi) is 6.13. The van der Waals surface area contributed by atoms with Crippen LogP contribution in [-0.4, -0.2) is 58.4 Å². The number of anilines is 2. The number of carbonyl (C=O) groups excluding carboxylic acids is 5. The van der Waals surface area contributed by atoms with Crippen molar-refractivity contribution in [3.63, 3.8) is 0 Å². The number of benzene rings is 1. The molecule has 0 spiro atoms. The van der Waals surface area contributed by atoms with E-state index in [1.165, 1.54) is 6.92 Å².